The van der Waals surface area contributed by atoms with Crippen LogP contribution in [0.25, 0.3) is 10.9 Å². The van der Waals surface area contributed by atoms with Gasteiger partial charge in [-0.3, -0.25) is 0 Å². The first-order valence-corrected chi connectivity index (χ1v) is 11.5. The number of aryl methyl sites for hydroxylation is 1. The Morgan fingerprint density at radius 2 is 1.85 bits per heavy atom. The van der Waals surface area contributed by atoms with Gasteiger partial charge in [0.05, 0.1) is 5.52 Å². The summed E-state index contributed by atoms with van der Waals surface area (Å²) in [5, 5.41) is 8.43. The minimum Gasteiger partial charge on any atom is -0.383 e. The highest BCUT2D eigenvalue weighted by atomic mass is 16.5. The first-order valence-electron chi connectivity index (χ1n) is 11.5. The van der Waals surface area contributed by atoms with Crippen LogP contribution in [0.4, 0.5) is 23.5 Å². The van der Waals surface area contributed by atoms with E-state index >= 15 is 0 Å². The van der Waals surface area contributed by atoms with Crippen LogP contribution < -0.4 is 16.0 Å². The molecule has 1 aliphatic carbocycles. The number of nitrogens with one attached hydrogen (secondary N) is 1. The molecule has 8 nitrogen and oxygen atoms in total. The molecule has 1 atom stereocenters. The molecule has 4 aromatic rings. The second-order valence-corrected chi connectivity index (χ2v) is 8.98. The zero-order chi connectivity index (χ0) is 22.4. The Hall–Kier alpha value is -3.65. The summed E-state index contributed by atoms with van der Waals surface area (Å²) in [6, 6.07) is 17.2. The first kappa shape index (κ1) is 20.0. The minimum atomic E-state index is 0.289. The van der Waals surface area contributed by atoms with Crippen LogP contribution in [0.2, 0.25) is 0 Å². The predicted molar refractivity (Wildman–Crippen MR) is 130 cm³/mol. The maximum atomic E-state index is 6.40. The molecule has 0 unspecified atom stereocenters. The number of aromatic nitrogens is 3. The number of nitrogen functional groups attached to an aromatic ring is 1. The normalized spacial score (nSPS) is 18.6. The molecule has 3 N–H and O–H groups in total. The molecule has 0 bridgehead atoms. The molecular weight excluding hydrogens is 414 g/mol. The third-order valence-electron chi connectivity index (χ3n) is 6.84. The van der Waals surface area contributed by atoms with Crippen molar-refractivity contribution in [3.63, 3.8) is 0 Å². The highest BCUT2D eigenvalue weighted by Crippen LogP contribution is 2.40. The molecule has 33 heavy (non-hydrogen) atoms. The van der Waals surface area contributed by atoms with Crippen molar-refractivity contribution in [2.75, 3.05) is 49.2 Å². The topological polar surface area (TPSA) is 96.3 Å². The van der Waals surface area contributed by atoms with Crippen LogP contribution in [-0.4, -0.2) is 53.3 Å². The van der Waals surface area contributed by atoms with Gasteiger partial charge in [-0.05, 0) is 60.4 Å². The lowest BCUT2D eigenvalue weighted by Gasteiger charge is -2.31. The number of piperazine rings is 1. The molecule has 1 aliphatic heterocycles. The molecular formula is C25H27N7O. The van der Waals surface area contributed by atoms with E-state index in [1.54, 1.807) is 0 Å². The lowest BCUT2D eigenvalue weighted by Crippen LogP contribution is -2.44. The SMILES string of the molecule is CN1CCN(c2noc(Nc3ccc4nc(N)c([C@@H]5CCc6ccccc65)cc4c3)n2)CC1. The van der Waals surface area contributed by atoms with E-state index in [0.717, 1.165) is 61.2 Å². The summed E-state index contributed by atoms with van der Waals surface area (Å²) < 4.78 is 5.46. The smallest absolute Gasteiger partial charge is 0.327 e. The number of fused-ring (bicyclic) bond motifs is 2. The van der Waals surface area contributed by atoms with E-state index in [4.69, 9.17) is 15.2 Å². The van der Waals surface area contributed by atoms with E-state index in [-0.39, 0.29) is 5.92 Å². The highest BCUT2D eigenvalue weighted by molar-refractivity contribution is 5.85. The zero-order valence-electron chi connectivity index (χ0n) is 18.7. The van der Waals surface area contributed by atoms with Gasteiger partial charge in [0.15, 0.2) is 0 Å². The molecule has 1 saturated heterocycles. The Kier molecular flexibility index (Phi) is 4.87. The van der Waals surface area contributed by atoms with Gasteiger partial charge in [-0.2, -0.15) is 4.98 Å². The fourth-order valence-corrected chi connectivity index (χ4v) is 4.97. The van der Waals surface area contributed by atoms with Crippen molar-refractivity contribution in [3.05, 3.63) is 65.2 Å². The van der Waals surface area contributed by atoms with Gasteiger partial charge in [0.25, 0.3) is 5.95 Å². The first-order chi connectivity index (χ1) is 16.1. The monoisotopic (exact) mass is 441 g/mol. The standard InChI is InChI=1S/C25H27N7O/c1-31-10-12-32(13-11-31)24-29-25(33-30-24)27-18-7-9-22-17(14-18)15-21(23(26)28-22)20-8-6-16-4-2-3-5-19(16)20/h2-5,7,9,14-15,20H,6,8,10-13H2,1H3,(H2,26,28)(H,27,29,30)/t20-/m1/s1. The van der Waals surface area contributed by atoms with E-state index < -0.39 is 0 Å². The van der Waals surface area contributed by atoms with Crippen LogP contribution in [0.1, 0.15) is 29.0 Å². The van der Waals surface area contributed by atoms with Crippen LogP contribution in [-0.2, 0) is 6.42 Å². The molecule has 0 spiro atoms. The molecule has 2 aliphatic rings. The van der Waals surface area contributed by atoms with Gasteiger partial charge in [-0.25, -0.2) is 4.98 Å². The maximum absolute atomic E-state index is 6.40. The molecule has 0 amide bonds. The number of pyridine rings is 1. The lowest BCUT2D eigenvalue weighted by molar-refractivity contribution is 0.309. The second-order valence-electron chi connectivity index (χ2n) is 8.98. The fourth-order valence-electron chi connectivity index (χ4n) is 4.97. The summed E-state index contributed by atoms with van der Waals surface area (Å²) in [4.78, 5) is 13.7. The third kappa shape index (κ3) is 3.76. The van der Waals surface area contributed by atoms with Gasteiger partial charge in [0.1, 0.15) is 5.82 Å². The largest absolute Gasteiger partial charge is 0.383 e. The van der Waals surface area contributed by atoms with Crippen molar-refractivity contribution in [1.29, 1.82) is 0 Å². The molecule has 0 radical (unpaired) electrons. The number of nitrogens with zero attached hydrogens (tertiary/aromatic N) is 5. The molecule has 8 heteroatoms. The van der Waals surface area contributed by atoms with E-state index in [0.29, 0.717) is 17.8 Å². The molecule has 2 aromatic heterocycles. The minimum absolute atomic E-state index is 0.289. The number of rotatable bonds is 4. The summed E-state index contributed by atoms with van der Waals surface area (Å²) in [7, 11) is 2.12. The quantitative estimate of drug-likeness (QED) is 0.494. The number of hydrogen-bond acceptors (Lipinski definition) is 8. The van der Waals surface area contributed by atoms with Crippen LogP contribution in [0.3, 0.4) is 0 Å². The molecule has 1 fully saturated rings. The van der Waals surface area contributed by atoms with E-state index in [1.807, 2.05) is 12.1 Å². The van der Waals surface area contributed by atoms with Gasteiger partial charge >= 0.3 is 6.01 Å². The summed E-state index contributed by atoms with van der Waals surface area (Å²) in [6.07, 6.45) is 2.14. The predicted octanol–water partition coefficient (Wildman–Crippen LogP) is 3.77. The van der Waals surface area contributed by atoms with Crippen molar-refractivity contribution in [2.45, 2.75) is 18.8 Å². The van der Waals surface area contributed by atoms with E-state index in [1.165, 1.54) is 11.1 Å². The third-order valence-corrected chi connectivity index (χ3v) is 6.84. The number of anilines is 4. The van der Waals surface area contributed by atoms with Gasteiger partial charge in [0.2, 0.25) is 0 Å². The Labute approximate surface area is 192 Å². The average molecular weight is 442 g/mol. The Morgan fingerprint density at radius 1 is 1.00 bits per heavy atom. The van der Waals surface area contributed by atoms with Crippen molar-refractivity contribution < 1.29 is 4.52 Å². The average Bonchev–Trinajstić information content (AvgIpc) is 3.47. The molecule has 2 aromatic carbocycles. The van der Waals surface area contributed by atoms with E-state index in [9.17, 15) is 0 Å². The summed E-state index contributed by atoms with van der Waals surface area (Å²) in [5.41, 5.74) is 12.0. The van der Waals surface area contributed by atoms with Crippen molar-refractivity contribution in [3.8, 4) is 0 Å². The summed E-state index contributed by atoms with van der Waals surface area (Å²) in [5.74, 6) is 1.53. The van der Waals surface area contributed by atoms with Gasteiger partial charge in [-0.15, -0.1) is 0 Å². The van der Waals surface area contributed by atoms with E-state index in [2.05, 4.69) is 68.7 Å². The Balaban J connectivity index is 1.26. The van der Waals surface area contributed by atoms with Gasteiger partial charge < -0.3 is 25.4 Å². The summed E-state index contributed by atoms with van der Waals surface area (Å²) in [6.45, 7) is 3.77. The van der Waals surface area contributed by atoms with Crippen molar-refractivity contribution in [1.82, 2.24) is 20.0 Å². The van der Waals surface area contributed by atoms with Crippen LogP contribution >= 0.6 is 0 Å². The number of likely N-dealkylation sites (N-methyl/N-ethyl adjacent to an activating group) is 1. The highest BCUT2D eigenvalue weighted by Gasteiger charge is 2.26. The Bertz CT molecular complexity index is 1310. The molecule has 0 saturated carbocycles. The number of nitrogens with two attached hydrogens (primary N) is 1. The van der Waals surface area contributed by atoms with Gasteiger partial charge in [-0.1, -0.05) is 24.3 Å². The maximum Gasteiger partial charge on any atom is 0.327 e. The lowest BCUT2D eigenvalue weighted by atomic mass is 9.92. The molecule has 6 rings (SSSR count). The van der Waals surface area contributed by atoms with Crippen LogP contribution in [0.5, 0.6) is 0 Å². The summed E-state index contributed by atoms with van der Waals surface area (Å²) >= 11 is 0. The van der Waals surface area contributed by atoms with Crippen molar-refractivity contribution in [2.24, 2.45) is 0 Å². The Morgan fingerprint density at radius 3 is 2.73 bits per heavy atom. The van der Waals surface area contributed by atoms with Crippen LogP contribution in [0.15, 0.2) is 53.1 Å². The van der Waals surface area contributed by atoms with Crippen LogP contribution in [0, 0.1) is 0 Å². The van der Waals surface area contributed by atoms with Gasteiger partial charge in [0, 0.05) is 48.7 Å². The second kappa shape index (κ2) is 8.04. The zero-order valence-corrected chi connectivity index (χ0v) is 18.7. The molecule has 168 valence electrons. The molecule has 3 heterocycles. The number of hydrogen-bond donors (Lipinski definition) is 2. The number of benzene rings is 2. The fraction of sp³-hybridized carbons (Fsp3) is 0.320. The van der Waals surface area contributed by atoms with Crippen molar-refractivity contribution >= 4 is 34.4 Å².